The number of hydrogen-bond donors (Lipinski definition) is 2. The molecule has 3 unspecified atom stereocenters. The van der Waals surface area contributed by atoms with Crippen LogP contribution in [0, 0.1) is 11.7 Å². The topological polar surface area (TPSA) is 45.8 Å². The third kappa shape index (κ3) is 4.39. The van der Waals surface area contributed by atoms with Crippen LogP contribution in [0.25, 0.3) is 0 Å². The van der Waals surface area contributed by atoms with Crippen LogP contribution in [0.1, 0.15) is 29.9 Å². The van der Waals surface area contributed by atoms with Crippen molar-refractivity contribution in [3.63, 3.8) is 0 Å². The lowest BCUT2D eigenvalue weighted by Crippen LogP contribution is -2.46. The van der Waals surface area contributed by atoms with Crippen molar-refractivity contribution in [3.8, 4) is 11.5 Å². The minimum atomic E-state index is -0.165. The maximum Gasteiger partial charge on any atom is 0.127 e. The molecule has 156 valence electrons. The Morgan fingerprint density at radius 2 is 1.86 bits per heavy atom. The first kappa shape index (κ1) is 20.1. The summed E-state index contributed by atoms with van der Waals surface area (Å²) in [6.07, 6.45) is 2.32. The Labute approximate surface area is 172 Å². The molecule has 29 heavy (non-hydrogen) atoms. The predicted octanol–water partition coefficient (Wildman–Crippen LogP) is 3.32. The second-order valence-corrected chi connectivity index (χ2v) is 7.99. The van der Waals surface area contributed by atoms with Crippen molar-refractivity contribution < 1.29 is 13.9 Å². The number of methoxy groups -OCH3 is 2. The molecule has 0 aliphatic carbocycles. The maximum absolute atomic E-state index is 13.8. The van der Waals surface area contributed by atoms with Gasteiger partial charge in [0.05, 0.1) is 19.8 Å². The van der Waals surface area contributed by atoms with Crippen LogP contribution in [-0.2, 0) is 6.54 Å². The highest BCUT2D eigenvalue weighted by Gasteiger charge is 2.37. The molecule has 4 rings (SSSR count). The monoisotopic (exact) mass is 399 g/mol. The lowest BCUT2D eigenvalue weighted by atomic mass is 9.81. The molecule has 0 saturated carbocycles. The molecule has 3 atom stereocenters. The molecule has 2 aromatic carbocycles. The number of hydrazine groups is 1. The average Bonchev–Trinajstić information content (AvgIpc) is 3.24. The standard InChI is InChI=1S/C23H30FN3O2/c1-28-21-9-4-10-22(29-2)20(21)15-27-11-5-7-17(14-27)23-19(13-25-26-23)16-6-3-8-18(24)12-16/h3-4,6,8-10,12,17,19,23,25-26H,5,7,11,13-15H2,1-2H3. The van der Waals surface area contributed by atoms with Gasteiger partial charge in [-0.2, -0.15) is 0 Å². The molecule has 0 bridgehead atoms. The Balaban J connectivity index is 1.49. The number of hydrogen-bond acceptors (Lipinski definition) is 5. The van der Waals surface area contributed by atoms with Crippen molar-refractivity contribution in [1.82, 2.24) is 15.8 Å². The van der Waals surface area contributed by atoms with E-state index in [-0.39, 0.29) is 11.7 Å². The van der Waals surface area contributed by atoms with Crippen molar-refractivity contribution in [2.24, 2.45) is 5.92 Å². The lowest BCUT2D eigenvalue weighted by molar-refractivity contribution is 0.137. The van der Waals surface area contributed by atoms with Gasteiger partial charge in [0.1, 0.15) is 17.3 Å². The molecular weight excluding hydrogens is 369 g/mol. The Morgan fingerprint density at radius 3 is 2.59 bits per heavy atom. The van der Waals surface area contributed by atoms with E-state index in [1.807, 2.05) is 24.3 Å². The number of halogens is 1. The number of nitrogens with one attached hydrogen (secondary N) is 2. The maximum atomic E-state index is 13.8. The molecule has 2 aromatic rings. The van der Waals surface area contributed by atoms with Gasteiger partial charge in [-0.15, -0.1) is 0 Å². The van der Waals surface area contributed by atoms with Crippen LogP contribution in [0.15, 0.2) is 42.5 Å². The van der Waals surface area contributed by atoms with Gasteiger partial charge in [-0.1, -0.05) is 18.2 Å². The van der Waals surface area contributed by atoms with Crippen molar-refractivity contribution in [3.05, 3.63) is 59.4 Å². The first-order chi connectivity index (χ1) is 14.2. The van der Waals surface area contributed by atoms with Crippen LogP contribution in [0.5, 0.6) is 11.5 Å². The third-order valence-electron chi connectivity index (χ3n) is 6.26. The van der Waals surface area contributed by atoms with E-state index in [1.165, 1.54) is 12.5 Å². The van der Waals surface area contributed by atoms with Gasteiger partial charge >= 0.3 is 0 Å². The van der Waals surface area contributed by atoms with Gasteiger partial charge in [0.15, 0.2) is 0 Å². The zero-order valence-electron chi connectivity index (χ0n) is 17.2. The smallest absolute Gasteiger partial charge is 0.127 e. The number of rotatable bonds is 6. The molecule has 2 fully saturated rings. The Kier molecular flexibility index (Phi) is 6.33. The zero-order valence-corrected chi connectivity index (χ0v) is 17.2. The second-order valence-electron chi connectivity index (χ2n) is 7.99. The molecule has 6 heteroatoms. The van der Waals surface area contributed by atoms with Crippen molar-refractivity contribution >= 4 is 0 Å². The molecular formula is C23H30FN3O2. The van der Waals surface area contributed by atoms with Gasteiger partial charge in [-0.05, 0) is 55.1 Å². The van der Waals surface area contributed by atoms with Crippen molar-refractivity contribution in [2.75, 3.05) is 33.9 Å². The molecule has 0 spiro atoms. The van der Waals surface area contributed by atoms with Gasteiger partial charge in [0.2, 0.25) is 0 Å². The van der Waals surface area contributed by atoms with E-state index in [1.54, 1.807) is 26.4 Å². The number of likely N-dealkylation sites (tertiary alicyclic amines) is 1. The summed E-state index contributed by atoms with van der Waals surface area (Å²) in [5, 5.41) is 0. The van der Waals surface area contributed by atoms with Gasteiger partial charge in [-0.3, -0.25) is 15.8 Å². The number of ether oxygens (including phenoxy) is 2. The zero-order chi connectivity index (χ0) is 20.2. The van der Waals surface area contributed by atoms with Crippen LogP contribution >= 0.6 is 0 Å². The summed E-state index contributed by atoms with van der Waals surface area (Å²) in [6.45, 7) is 3.67. The van der Waals surface area contributed by atoms with Crippen molar-refractivity contribution in [1.29, 1.82) is 0 Å². The third-order valence-corrected chi connectivity index (χ3v) is 6.26. The van der Waals surface area contributed by atoms with Gasteiger partial charge < -0.3 is 9.47 Å². The normalized spacial score (nSPS) is 25.1. The Bertz CT molecular complexity index is 809. The van der Waals surface area contributed by atoms with Gasteiger partial charge in [0.25, 0.3) is 0 Å². The molecule has 2 heterocycles. The average molecular weight is 400 g/mol. The molecule has 5 nitrogen and oxygen atoms in total. The summed E-state index contributed by atoms with van der Waals surface area (Å²) in [5.41, 5.74) is 8.94. The van der Waals surface area contributed by atoms with Crippen molar-refractivity contribution in [2.45, 2.75) is 31.3 Å². The highest BCUT2D eigenvalue weighted by molar-refractivity contribution is 5.44. The molecule has 2 N–H and O–H groups in total. The van der Waals surface area contributed by atoms with E-state index < -0.39 is 0 Å². The van der Waals surface area contributed by atoms with Crippen LogP contribution in [-0.4, -0.2) is 44.8 Å². The summed E-state index contributed by atoms with van der Waals surface area (Å²) < 4.78 is 24.9. The summed E-state index contributed by atoms with van der Waals surface area (Å²) in [6, 6.07) is 13.3. The highest BCUT2D eigenvalue weighted by Crippen LogP contribution is 2.34. The Hall–Kier alpha value is -2.15. The fraction of sp³-hybridized carbons (Fsp3) is 0.478. The van der Waals surface area contributed by atoms with E-state index in [0.717, 1.165) is 55.2 Å². The van der Waals surface area contributed by atoms with E-state index in [0.29, 0.717) is 12.0 Å². The SMILES string of the molecule is COc1cccc(OC)c1CN1CCCC(C2NNCC2c2cccc(F)c2)C1. The number of benzene rings is 2. The number of piperidine rings is 1. The van der Waals surface area contributed by atoms with E-state index in [9.17, 15) is 4.39 Å². The van der Waals surface area contributed by atoms with E-state index in [4.69, 9.17) is 9.47 Å². The van der Waals surface area contributed by atoms with Crippen LogP contribution in [0.3, 0.4) is 0 Å². The van der Waals surface area contributed by atoms with Crippen LogP contribution in [0.4, 0.5) is 4.39 Å². The van der Waals surface area contributed by atoms with Gasteiger partial charge in [-0.25, -0.2) is 4.39 Å². The molecule has 0 amide bonds. The van der Waals surface area contributed by atoms with Crippen LogP contribution < -0.4 is 20.3 Å². The summed E-state index contributed by atoms with van der Waals surface area (Å²) >= 11 is 0. The molecule has 2 aliphatic rings. The fourth-order valence-electron chi connectivity index (χ4n) is 4.86. The van der Waals surface area contributed by atoms with Crippen LogP contribution in [0.2, 0.25) is 0 Å². The van der Waals surface area contributed by atoms with E-state index >= 15 is 0 Å². The summed E-state index contributed by atoms with van der Waals surface area (Å²) in [5.74, 6) is 2.33. The first-order valence-electron chi connectivity index (χ1n) is 10.4. The summed E-state index contributed by atoms with van der Waals surface area (Å²) in [4.78, 5) is 2.48. The minimum Gasteiger partial charge on any atom is -0.496 e. The second kappa shape index (κ2) is 9.11. The quantitative estimate of drug-likeness (QED) is 0.780. The fourth-order valence-corrected chi connectivity index (χ4v) is 4.86. The molecule has 2 saturated heterocycles. The lowest BCUT2D eigenvalue weighted by Gasteiger charge is -2.37. The largest absolute Gasteiger partial charge is 0.496 e. The summed E-state index contributed by atoms with van der Waals surface area (Å²) in [7, 11) is 3.41. The Morgan fingerprint density at radius 1 is 1.10 bits per heavy atom. The molecule has 0 radical (unpaired) electrons. The molecule has 0 aromatic heterocycles. The first-order valence-corrected chi connectivity index (χ1v) is 10.4. The van der Waals surface area contributed by atoms with Gasteiger partial charge in [0, 0.05) is 31.6 Å². The molecule has 2 aliphatic heterocycles. The van der Waals surface area contributed by atoms with E-state index in [2.05, 4.69) is 15.8 Å². The highest BCUT2D eigenvalue weighted by atomic mass is 19.1. The predicted molar refractivity (Wildman–Crippen MR) is 112 cm³/mol. The minimum absolute atomic E-state index is 0.165. The number of nitrogens with zero attached hydrogens (tertiary/aromatic N) is 1.